The molecule has 0 radical (unpaired) electrons. The number of carbonyl (C=O) groups is 1. The second kappa shape index (κ2) is 9.53. The van der Waals surface area contributed by atoms with Crippen LogP contribution in [0.5, 0.6) is 0 Å². The Labute approximate surface area is 176 Å². The van der Waals surface area contributed by atoms with E-state index in [9.17, 15) is 18.3 Å². The molecule has 0 amide bonds. The molecule has 0 saturated carbocycles. The van der Waals surface area contributed by atoms with Gasteiger partial charge < -0.3 is 14.4 Å². The summed E-state index contributed by atoms with van der Waals surface area (Å²) >= 11 is 0. The number of sulfonamides is 1. The van der Waals surface area contributed by atoms with Crippen LogP contribution in [0.1, 0.15) is 15.9 Å². The Kier molecular flexibility index (Phi) is 7.04. The summed E-state index contributed by atoms with van der Waals surface area (Å²) in [6.07, 6.45) is 1.48. The van der Waals surface area contributed by atoms with E-state index in [1.165, 1.54) is 11.4 Å². The van der Waals surface area contributed by atoms with E-state index in [0.717, 1.165) is 22.8 Å². The number of aryl methyl sites for hydroxylation is 1. The normalized spacial score (nSPS) is 13.1. The molecule has 0 bridgehead atoms. The number of ether oxygens (including phenoxy) is 1. The number of benzene rings is 2. The van der Waals surface area contributed by atoms with Crippen LogP contribution in [-0.2, 0) is 21.3 Å². The first-order valence-corrected chi connectivity index (χ1v) is 11.1. The highest BCUT2D eigenvalue weighted by molar-refractivity contribution is 7.89. The molecule has 0 aliphatic heterocycles. The Balaban J connectivity index is 1.83. The molecule has 8 heteroatoms. The first-order chi connectivity index (χ1) is 14.4. The number of aromatic nitrogens is 1. The Morgan fingerprint density at radius 1 is 1.17 bits per heavy atom. The van der Waals surface area contributed by atoms with Crippen molar-refractivity contribution in [1.29, 1.82) is 0 Å². The molecule has 1 N–H and O–H groups in total. The second-order valence-electron chi connectivity index (χ2n) is 7.19. The van der Waals surface area contributed by atoms with E-state index in [1.54, 1.807) is 35.0 Å². The summed E-state index contributed by atoms with van der Waals surface area (Å²) in [6.45, 7) is 2.27. The molecule has 0 fully saturated rings. The highest BCUT2D eigenvalue weighted by Crippen LogP contribution is 2.21. The molecule has 30 heavy (non-hydrogen) atoms. The van der Waals surface area contributed by atoms with Crippen molar-refractivity contribution in [2.45, 2.75) is 24.5 Å². The minimum absolute atomic E-state index is 0.0947. The van der Waals surface area contributed by atoms with Crippen molar-refractivity contribution >= 4 is 27.2 Å². The number of aliphatic hydroxyl groups excluding tert-OH is 1. The zero-order chi connectivity index (χ0) is 21.7. The molecular formula is C22H26N2O5S. The highest BCUT2D eigenvalue weighted by Gasteiger charge is 2.27. The van der Waals surface area contributed by atoms with Crippen molar-refractivity contribution in [1.82, 2.24) is 8.87 Å². The van der Waals surface area contributed by atoms with E-state index in [2.05, 4.69) is 0 Å². The average Bonchev–Trinajstić information content (AvgIpc) is 3.09. The Bertz CT molecular complexity index is 1110. The molecule has 0 spiro atoms. The largest absolute Gasteiger partial charge is 0.390 e. The second-order valence-corrected chi connectivity index (χ2v) is 9.13. The molecule has 0 aliphatic rings. The summed E-state index contributed by atoms with van der Waals surface area (Å²) in [5.74, 6) is 0. The van der Waals surface area contributed by atoms with Gasteiger partial charge in [0.05, 0.1) is 17.6 Å². The lowest BCUT2D eigenvalue weighted by Crippen LogP contribution is -2.40. The van der Waals surface area contributed by atoms with Crippen molar-refractivity contribution in [2.75, 3.05) is 26.8 Å². The number of aldehydes is 1. The van der Waals surface area contributed by atoms with Gasteiger partial charge >= 0.3 is 0 Å². The molecule has 160 valence electrons. The van der Waals surface area contributed by atoms with Gasteiger partial charge in [0.2, 0.25) is 10.0 Å². The molecule has 0 aliphatic carbocycles. The lowest BCUT2D eigenvalue weighted by Gasteiger charge is -2.25. The van der Waals surface area contributed by atoms with Crippen LogP contribution in [-0.4, -0.2) is 61.6 Å². The predicted molar refractivity (Wildman–Crippen MR) is 115 cm³/mol. The van der Waals surface area contributed by atoms with Crippen LogP contribution >= 0.6 is 0 Å². The average molecular weight is 431 g/mol. The van der Waals surface area contributed by atoms with Gasteiger partial charge in [0.15, 0.2) is 6.29 Å². The predicted octanol–water partition coefficient (Wildman–Crippen LogP) is 2.46. The maximum Gasteiger partial charge on any atom is 0.243 e. The third kappa shape index (κ3) is 4.79. The fourth-order valence-electron chi connectivity index (χ4n) is 3.40. The molecule has 2 aromatic carbocycles. The van der Waals surface area contributed by atoms with Gasteiger partial charge in [-0.3, -0.25) is 4.79 Å². The monoisotopic (exact) mass is 430 g/mol. The molecular weight excluding hydrogens is 404 g/mol. The summed E-state index contributed by atoms with van der Waals surface area (Å²) in [5.41, 5.74) is 2.30. The van der Waals surface area contributed by atoms with Gasteiger partial charge in [-0.15, -0.1) is 0 Å². The lowest BCUT2D eigenvalue weighted by atomic mass is 10.2. The Hall–Kier alpha value is -2.52. The summed E-state index contributed by atoms with van der Waals surface area (Å²) in [6, 6.07) is 14.0. The topological polar surface area (TPSA) is 88.8 Å². The zero-order valence-corrected chi connectivity index (χ0v) is 17.9. The number of hydrogen-bond acceptors (Lipinski definition) is 5. The number of aliphatic hydroxyl groups is 1. The molecule has 0 unspecified atom stereocenters. The van der Waals surface area contributed by atoms with Crippen LogP contribution in [0.15, 0.2) is 59.6 Å². The van der Waals surface area contributed by atoms with Crippen LogP contribution in [0.4, 0.5) is 0 Å². The van der Waals surface area contributed by atoms with Crippen molar-refractivity contribution < 1.29 is 23.1 Å². The van der Waals surface area contributed by atoms with Crippen molar-refractivity contribution in [2.24, 2.45) is 0 Å². The fourth-order valence-corrected chi connectivity index (χ4v) is 4.86. The summed E-state index contributed by atoms with van der Waals surface area (Å²) in [7, 11) is -2.29. The number of rotatable bonds is 10. The fraction of sp³-hybridized carbons (Fsp3) is 0.318. The first-order valence-electron chi connectivity index (χ1n) is 9.63. The van der Waals surface area contributed by atoms with Gasteiger partial charge in [-0.2, -0.15) is 4.31 Å². The quantitative estimate of drug-likeness (QED) is 0.499. The van der Waals surface area contributed by atoms with E-state index < -0.39 is 16.1 Å². The maximum absolute atomic E-state index is 13.1. The number of fused-ring (bicyclic) bond motifs is 1. The third-order valence-corrected chi connectivity index (χ3v) is 6.85. The van der Waals surface area contributed by atoms with Gasteiger partial charge in [0.1, 0.15) is 0 Å². The van der Waals surface area contributed by atoms with E-state index in [0.29, 0.717) is 5.56 Å². The molecule has 1 atom stereocenters. The number of methoxy groups -OCH3 is 1. The van der Waals surface area contributed by atoms with Gasteiger partial charge in [-0.1, -0.05) is 35.9 Å². The van der Waals surface area contributed by atoms with Crippen molar-refractivity contribution in [3.63, 3.8) is 0 Å². The van der Waals surface area contributed by atoms with Gasteiger partial charge in [-0.25, -0.2) is 8.42 Å². The van der Waals surface area contributed by atoms with Crippen LogP contribution < -0.4 is 0 Å². The van der Waals surface area contributed by atoms with Crippen LogP contribution in [0.2, 0.25) is 0 Å². The van der Waals surface area contributed by atoms with Crippen molar-refractivity contribution in [3.8, 4) is 0 Å². The molecule has 1 heterocycles. The lowest BCUT2D eigenvalue weighted by molar-refractivity contribution is 0.111. The van der Waals surface area contributed by atoms with Crippen LogP contribution in [0, 0.1) is 6.92 Å². The molecule has 7 nitrogen and oxygen atoms in total. The zero-order valence-electron chi connectivity index (χ0n) is 17.1. The Morgan fingerprint density at radius 2 is 1.87 bits per heavy atom. The van der Waals surface area contributed by atoms with E-state index in [1.807, 2.05) is 31.2 Å². The molecule has 1 aromatic heterocycles. The summed E-state index contributed by atoms with van der Waals surface area (Å²) in [5, 5.41) is 11.5. The minimum Gasteiger partial charge on any atom is -0.390 e. The molecule has 3 aromatic rings. The SMILES string of the molecule is COCCN(C[C@@H](O)Cn1cc(C=O)c2ccccc21)S(=O)(=O)c1ccc(C)cc1. The maximum atomic E-state index is 13.1. The third-order valence-electron chi connectivity index (χ3n) is 4.97. The van der Waals surface area contributed by atoms with Crippen LogP contribution in [0.25, 0.3) is 10.9 Å². The van der Waals surface area contributed by atoms with Crippen molar-refractivity contribution in [3.05, 3.63) is 65.9 Å². The van der Waals surface area contributed by atoms with E-state index >= 15 is 0 Å². The molecule has 0 saturated heterocycles. The number of nitrogens with zero attached hydrogens (tertiary/aromatic N) is 2. The highest BCUT2D eigenvalue weighted by atomic mass is 32.2. The van der Waals surface area contributed by atoms with Gasteiger partial charge in [0.25, 0.3) is 0 Å². The smallest absolute Gasteiger partial charge is 0.243 e. The first kappa shape index (κ1) is 22.2. The number of hydrogen-bond donors (Lipinski definition) is 1. The van der Waals surface area contributed by atoms with Crippen LogP contribution in [0.3, 0.4) is 0 Å². The standard InChI is InChI=1S/C22H26N2O5S/c1-17-7-9-20(10-8-17)30(27,28)24(11-12-29-2)15-19(26)14-23-13-18(16-25)21-5-3-4-6-22(21)23/h3-10,13,16,19,26H,11-12,14-15H2,1-2H3/t19-/m0/s1. The van der Waals surface area contributed by atoms with E-state index in [-0.39, 0.29) is 31.1 Å². The minimum atomic E-state index is -3.79. The number of carbonyl (C=O) groups excluding carboxylic acids is 1. The molecule has 3 rings (SSSR count). The van der Waals surface area contributed by atoms with Gasteiger partial charge in [0, 0.05) is 49.4 Å². The number of para-hydroxylation sites is 1. The Morgan fingerprint density at radius 3 is 2.53 bits per heavy atom. The van der Waals surface area contributed by atoms with E-state index in [4.69, 9.17) is 4.74 Å². The summed E-state index contributed by atoms with van der Waals surface area (Å²) in [4.78, 5) is 11.5. The summed E-state index contributed by atoms with van der Waals surface area (Å²) < 4.78 is 34.3. The van der Waals surface area contributed by atoms with Gasteiger partial charge in [-0.05, 0) is 25.1 Å².